The molecule has 0 saturated heterocycles. The first kappa shape index (κ1) is 13.8. The Morgan fingerprint density at radius 1 is 1.00 bits per heavy atom. The van der Waals surface area contributed by atoms with Gasteiger partial charge in [0, 0.05) is 5.92 Å². The van der Waals surface area contributed by atoms with Crippen molar-refractivity contribution in [2.45, 2.75) is 45.4 Å². The summed E-state index contributed by atoms with van der Waals surface area (Å²) in [5.74, 6) is 0.274. The van der Waals surface area contributed by atoms with Crippen molar-refractivity contribution in [3.8, 4) is 0 Å². The maximum Gasteiger partial charge on any atom is 0.163 e. The Morgan fingerprint density at radius 2 is 1.74 bits per heavy atom. The zero-order chi connectivity index (χ0) is 13.7. The van der Waals surface area contributed by atoms with E-state index >= 15 is 0 Å². The maximum atomic E-state index is 12.5. The topological polar surface area (TPSA) is 17.1 Å². The van der Waals surface area contributed by atoms with E-state index < -0.39 is 0 Å². The van der Waals surface area contributed by atoms with Gasteiger partial charge in [-0.25, -0.2) is 0 Å². The lowest BCUT2D eigenvalue weighted by Crippen LogP contribution is -2.11. The summed E-state index contributed by atoms with van der Waals surface area (Å²) in [6.07, 6.45) is 8.14. The van der Waals surface area contributed by atoms with Crippen molar-refractivity contribution < 1.29 is 4.79 Å². The van der Waals surface area contributed by atoms with Crippen LogP contribution in [0.4, 0.5) is 0 Å². The lowest BCUT2D eigenvalue weighted by Gasteiger charge is -2.16. The highest BCUT2D eigenvalue weighted by atomic mass is 16.1. The molecule has 0 unspecified atom stereocenters. The number of benzene rings is 1. The van der Waals surface area contributed by atoms with E-state index in [-0.39, 0.29) is 11.7 Å². The molecule has 0 spiro atoms. The minimum Gasteiger partial charge on any atom is -0.294 e. The second-order valence-corrected chi connectivity index (χ2v) is 5.48. The predicted molar refractivity (Wildman–Crippen MR) is 80.2 cm³/mol. The van der Waals surface area contributed by atoms with E-state index in [0.717, 1.165) is 31.2 Å². The van der Waals surface area contributed by atoms with Crippen LogP contribution in [-0.2, 0) is 4.79 Å². The number of carbonyl (C=O) groups is 1. The number of hydrogen-bond acceptors (Lipinski definition) is 1. The van der Waals surface area contributed by atoms with Crippen LogP contribution in [0, 0.1) is 0 Å². The van der Waals surface area contributed by atoms with E-state index in [2.05, 4.69) is 32.1 Å². The number of hydrogen-bond donors (Lipinski definition) is 0. The number of allylic oxidation sites excluding steroid dienone is 4. The molecule has 0 fully saturated rings. The zero-order valence-electron chi connectivity index (χ0n) is 11.9. The maximum absolute atomic E-state index is 12.5. The van der Waals surface area contributed by atoms with Crippen LogP contribution in [0.2, 0.25) is 0 Å². The van der Waals surface area contributed by atoms with Crippen molar-refractivity contribution in [3.63, 3.8) is 0 Å². The minimum atomic E-state index is 0.0117. The van der Waals surface area contributed by atoms with Crippen LogP contribution in [0.3, 0.4) is 0 Å². The van der Waals surface area contributed by atoms with E-state index in [4.69, 9.17) is 0 Å². The third-order valence-electron chi connectivity index (χ3n) is 3.79. The molecule has 1 heteroatoms. The van der Waals surface area contributed by atoms with Crippen LogP contribution in [0.5, 0.6) is 0 Å². The van der Waals surface area contributed by atoms with Crippen molar-refractivity contribution in [1.82, 2.24) is 0 Å². The van der Waals surface area contributed by atoms with E-state index in [9.17, 15) is 4.79 Å². The Hall–Kier alpha value is -1.63. The summed E-state index contributed by atoms with van der Waals surface area (Å²) in [4.78, 5) is 12.5. The molecule has 1 aliphatic carbocycles. The monoisotopic (exact) mass is 254 g/mol. The van der Waals surface area contributed by atoms with Crippen LogP contribution >= 0.6 is 0 Å². The molecule has 0 aliphatic heterocycles. The molecule has 0 N–H and O–H groups in total. The quantitative estimate of drug-likeness (QED) is 0.657. The fraction of sp³-hybridized carbons (Fsp3) is 0.389. The molecule has 1 atom stereocenters. The number of rotatable bonds is 1. The smallest absolute Gasteiger partial charge is 0.163 e. The van der Waals surface area contributed by atoms with Crippen LogP contribution in [0.25, 0.3) is 0 Å². The third kappa shape index (κ3) is 3.92. The fourth-order valence-electron chi connectivity index (χ4n) is 2.59. The summed E-state index contributed by atoms with van der Waals surface area (Å²) >= 11 is 0. The standard InChI is InChI=1S/C18H22O/c1-14-7-6-8-15(2)13-18(19)17(12-11-14)16-9-4-3-5-10-16/h3-5,7,9-10,13,17H,6,8,11-12H2,1-2H3/b14-7-,15-13+/t17-/m1/s1. The van der Waals surface area contributed by atoms with Gasteiger partial charge in [-0.15, -0.1) is 0 Å². The summed E-state index contributed by atoms with van der Waals surface area (Å²) in [5.41, 5.74) is 3.74. The molecule has 1 nitrogen and oxygen atoms in total. The molecule has 100 valence electrons. The first-order valence-corrected chi connectivity index (χ1v) is 7.08. The van der Waals surface area contributed by atoms with Crippen molar-refractivity contribution in [3.05, 3.63) is 59.2 Å². The molecule has 1 aromatic rings. The van der Waals surface area contributed by atoms with Gasteiger partial charge >= 0.3 is 0 Å². The van der Waals surface area contributed by atoms with E-state index in [1.165, 1.54) is 11.1 Å². The zero-order valence-corrected chi connectivity index (χ0v) is 11.9. The van der Waals surface area contributed by atoms with E-state index in [1.54, 1.807) is 0 Å². The van der Waals surface area contributed by atoms with Crippen molar-refractivity contribution in [1.29, 1.82) is 0 Å². The summed E-state index contributed by atoms with van der Waals surface area (Å²) in [6.45, 7) is 4.23. The van der Waals surface area contributed by atoms with Gasteiger partial charge in [-0.3, -0.25) is 4.79 Å². The summed E-state index contributed by atoms with van der Waals surface area (Å²) in [5, 5.41) is 0. The molecule has 2 rings (SSSR count). The second kappa shape index (κ2) is 6.51. The highest BCUT2D eigenvalue weighted by Crippen LogP contribution is 2.27. The molecule has 0 radical (unpaired) electrons. The largest absolute Gasteiger partial charge is 0.294 e. The van der Waals surface area contributed by atoms with Gasteiger partial charge in [-0.2, -0.15) is 0 Å². The predicted octanol–water partition coefficient (Wildman–Crippen LogP) is 4.81. The minimum absolute atomic E-state index is 0.0117. The molecule has 0 heterocycles. The Labute approximate surface area is 116 Å². The fourth-order valence-corrected chi connectivity index (χ4v) is 2.59. The molecular weight excluding hydrogens is 232 g/mol. The first-order valence-electron chi connectivity index (χ1n) is 7.08. The molecule has 19 heavy (non-hydrogen) atoms. The van der Waals surface area contributed by atoms with Crippen molar-refractivity contribution in [2.75, 3.05) is 0 Å². The molecular formula is C18H22O. The molecule has 0 amide bonds. The Bertz CT molecular complexity index is 494. The Kier molecular flexibility index (Phi) is 4.73. The summed E-state index contributed by atoms with van der Waals surface area (Å²) in [6, 6.07) is 10.2. The number of carbonyl (C=O) groups excluding carboxylic acids is 1. The van der Waals surface area contributed by atoms with E-state index in [1.807, 2.05) is 24.3 Å². The van der Waals surface area contributed by atoms with Gasteiger partial charge in [-0.05, 0) is 51.2 Å². The molecule has 1 aromatic carbocycles. The summed E-state index contributed by atoms with van der Waals surface area (Å²) in [7, 11) is 0. The Balaban J connectivity index is 2.28. The van der Waals surface area contributed by atoms with Gasteiger partial charge in [-0.1, -0.05) is 47.6 Å². The van der Waals surface area contributed by atoms with Crippen LogP contribution < -0.4 is 0 Å². The number of ketones is 1. The SMILES string of the molecule is C/C1=C/CC/C(C)=C/C(=O)[C@@H](c2ccccc2)CC1. The summed E-state index contributed by atoms with van der Waals surface area (Å²) < 4.78 is 0. The third-order valence-corrected chi connectivity index (χ3v) is 3.79. The second-order valence-electron chi connectivity index (χ2n) is 5.48. The van der Waals surface area contributed by atoms with Crippen molar-refractivity contribution in [2.24, 2.45) is 0 Å². The average molecular weight is 254 g/mol. The van der Waals surface area contributed by atoms with E-state index in [0.29, 0.717) is 0 Å². The van der Waals surface area contributed by atoms with Gasteiger partial charge in [0.2, 0.25) is 0 Å². The average Bonchev–Trinajstić information content (AvgIpc) is 2.39. The lowest BCUT2D eigenvalue weighted by molar-refractivity contribution is -0.116. The van der Waals surface area contributed by atoms with Crippen LogP contribution in [0.1, 0.15) is 51.0 Å². The van der Waals surface area contributed by atoms with Crippen molar-refractivity contribution >= 4 is 5.78 Å². The molecule has 1 aliphatic rings. The van der Waals surface area contributed by atoms with Crippen LogP contribution in [0.15, 0.2) is 53.6 Å². The van der Waals surface area contributed by atoms with Gasteiger partial charge in [0.1, 0.15) is 0 Å². The Morgan fingerprint density at radius 3 is 2.47 bits per heavy atom. The normalized spacial score (nSPS) is 27.1. The van der Waals surface area contributed by atoms with Gasteiger partial charge < -0.3 is 0 Å². The van der Waals surface area contributed by atoms with Crippen LogP contribution in [-0.4, -0.2) is 5.78 Å². The van der Waals surface area contributed by atoms with Gasteiger partial charge in [0.05, 0.1) is 0 Å². The van der Waals surface area contributed by atoms with Gasteiger partial charge in [0.15, 0.2) is 5.78 Å². The highest BCUT2D eigenvalue weighted by molar-refractivity contribution is 5.95. The molecule has 0 saturated carbocycles. The molecule has 0 bridgehead atoms. The highest BCUT2D eigenvalue weighted by Gasteiger charge is 2.19. The molecule has 0 aromatic heterocycles. The lowest BCUT2D eigenvalue weighted by atomic mass is 9.87. The van der Waals surface area contributed by atoms with Gasteiger partial charge in [0.25, 0.3) is 0 Å². The first-order chi connectivity index (χ1) is 9.16.